The molecule has 1 aliphatic heterocycles. The lowest BCUT2D eigenvalue weighted by Crippen LogP contribution is -2.48. The molecule has 180 valence electrons. The monoisotopic (exact) mass is 483 g/mol. The van der Waals surface area contributed by atoms with Gasteiger partial charge in [0.1, 0.15) is 0 Å². The molecule has 1 saturated heterocycles. The SMILES string of the molecule is O=C(c1ccc(-n2cccn2)nc1)N1CCN(Cc2nc(-c3cccc(C(F)(F)F)c3)no2)CC1. The number of halogens is 3. The van der Waals surface area contributed by atoms with E-state index in [1.54, 1.807) is 46.4 Å². The molecule has 35 heavy (non-hydrogen) atoms. The van der Waals surface area contributed by atoms with Crippen LogP contribution in [-0.2, 0) is 12.7 Å². The molecule has 3 aromatic heterocycles. The number of piperazine rings is 1. The zero-order valence-corrected chi connectivity index (χ0v) is 18.4. The van der Waals surface area contributed by atoms with Gasteiger partial charge < -0.3 is 9.42 Å². The third-order valence-corrected chi connectivity index (χ3v) is 5.67. The first-order valence-corrected chi connectivity index (χ1v) is 10.8. The van der Waals surface area contributed by atoms with E-state index in [0.29, 0.717) is 50.0 Å². The second kappa shape index (κ2) is 9.29. The smallest absolute Gasteiger partial charge is 0.338 e. The van der Waals surface area contributed by atoms with Gasteiger partial charge in [-0.3, -0.25) is 9.69 Å². The lowest BCUT2D eigenvalue weighted by Gasteiger charge is -2.33. The first kappa shape index (κ1) is 22.7. The number of carbonyl (C=O) groups is 1. The van der Waals surface area contributed by atoms with Crippen LogP contribution in [0.15, 0.2) is 65.6 Å². The van der Waals surface area contributed by atoms with Crippen molar-refractivity contribution in [1.82, 2.24) is 34.7 Å². The summed E-state index contributed by atoms with van der Waals surface area (Å²) in [4.78, 5) is 25.2. The lowest BCUT2D eigenvalue weighted by atomic mass is 10.1. The second-order valence-electron chi connectivity index (χ2n) is 8.01. The average Bonchev–Trinajstić information content (AvgIpc) is 3.57. The number of alkyl halides is 3. The van der Waals surface area contributed by atoms with E-state index in [2.05, 4.69) is 20.2 Å². The Balaban J connectivity index is 1.17. The van der Waals surface area contributed by atoms with Gasteiger partial charge >= 0.3 is 6.18 Å². The molecule has 0 spiro atoms. The molecule has 0 aliphatic carbocycles. The summed E-state index contributed by atoms with van der Waals surface area (Å²) in [5, 5.41) is 7.94. The van der Waals surface area contributed by atoms with Crippen molar-refractivity contribution in [2.45, 2.75) is 12.7 Å². The van der Waals surface area contributed by atoms with Crippen LogP contribution >= 0.6 is 0 Å². The van der Waals surface area contributed by atoms with Crippen LogP contribution in [0.1, 0.15) is 21.8 Å². The zero-order chi connectivity index (χ0) is 24.4. The fraction of sp³-hybridized carbons (Fsp3) is 0.261. The average molecular weight is 483 g/mol. The predicted molar refractivity (Wildman–Crippen MR) is 117 cm³/mol. The number of rotatable bonds is 5. The Morgan fingerprint density at radius 2 is 1.89 bits per heavy atom. The normalized spacial score (nSPS) is 14.9. The topological polar surface area (TPSA) is 93.2 Å². The minimum absolute atomic E-state index is 0.103. The Bertz CT molecular complexity index is 1300. The van der Waals surface area contributed by atoms with Gasteiger partial charge in [-0.15, -0.1) is 0 Å². The van der Waals surface area contributed by atoms with Gasteiger partial charge in [0.2, 0.25) is 11.7 Å². The Kier molecular flexibility index (Phi) is 6.03. The number of pyridine rings is 1. The summed E-state index contributed by atoms with van der Waals surface area (Å²) in [6, 6.07) is 10.1. The first-order chi connectivity index (χ1) is 16.9. The van der Waals surface area contributed by atoms with Gasteiger partial charge in [0.05, 0.1) is 17.7 Å². The molecule has 9 nitrogen and oxygen atoms in total. The molecule has 1 fully saturated rings. The largest absolute Gasteiger partial charge is 0.416 e. The maximum Gasteiger partial charge on any atom is 0.416 e. The summed E-state index contributed by atoms with van der Waals surface area (Å²) >= 11 is 0. The van der Waals surface area contributed by atoms with Gasteiger partial charge in [-0.05, 0) is 30.3 Å². The highest BCUT2D eigenvalue weighted by Gasteiger charge is 2.31. The highest BCUT2D eigenvalue weighted by atomic mass is 19.4. The van der Waals surface area contributed by atoms with Crippen LogP contribution in [0, 0.1) is 0 Å². The van der Waals surface area contributed by atoms with Crippen molar-refractivity contribution in [2.24, 2.45) is 0 Å². The second-order valence-corrected chi connectivity index (χ2v) is 8.01. The summed E-state index contributed by atoms with van der Waals surface area (Å²) in [6.07, 6.45) is 0.521. The van der Waals surface area contributed by atoms with E-state index in [0.717, 1.165) is 12.1 Å². The molecule has 1 aliphatic rings. The van der Waals surface area contributed by atoms with E-state index in [1.165, 1.54) is 12.1 Å². The Hall–Kier alpha value is -4.06. The molecule has 0 atom stereocenters. The van der Waals surface area contributed by atoms with Crippen molar-refractivity contribution in [3.8, 4) is 17.2 Å². The van der Waals surface area contributed by atoms with Gasteiger partial charge in [0, 0.05) is 50.3 Å². The van der Waals surface area contributed by atoms with Gasteiger partial charge in [0.25, 0.3) is 5.91 Å². The number of benzene rings is 1. The van der Waals surface area contributed by atoms with E-state index in [4.69, 9.17) is 4.52 Å². The summed E-state index contributed by atoms with van der Waals surface area (Å²) in [5.41, 5.74) is -0.0391. The number of hydrogen-bond acceptors (Lipinski definition) is 7. The molecule has 0 unspecified atom stereocenters. The number of hydrogen-bond donors (Lipinski definition) is 0. The van der Waals surface area contributed by atoms with Crippen LogP contribution in [0.2, 0.25) is 0 Å². The first-order valence-electron chi connectivity index (χ1n) is 10.8. The molecule has 12 heteroatoms. The molecule has 0 bridgehead atoms. The highest BCUT2D eigenvalue weighted by molar-refractivity contribution is 5.94. The van der Waals surface area contributed by atoms with E-state index in [9.17, 15) is 18.0 Å². The van der Waals surface area contributed by atoms with Gasteiger partial charge in [-0.1, -0.05) is 17.3 Å². The molecular formula is C23H20F3N7O2. The molecule has 1 amide bonds. The summed E-state index contributed by atoms with van der Waals surface area (Å²) in [6.45, 7) is 2.54. The van der Waals surface area contributed by atoms with Crippen LogP contribution in [0.4, 0.5) is 13.2 Å². The zero-order valence-electron chi connectivity index (χ0n) is 18.4. The van der Waals surface area contributed by atoms with Crippen LogP contribution in [0.25, 0.3) is 17.2 Å². The van der Waals surface area contributed by atoms with Crippen molar-refractivity contribution in [2.75, 3.05) is 26.2 Å². The van der Waals surface area contributed by atoms with Gasteiger partial charge in [0.15, 0.2) is 5.82 Å². The number of aromatic nitrogens is 5. The molecule has 0 N–H and O–H groups in total. The lowest BCUT2D eigenvalue weighted by molar-refractivity contribution is -0.137. The van der Waals surface area contributed by atoms with Crippen LogP contribution in [-0.4, -0.2) is 66.8 Å². The van der Waals surface area contributed by atoms with Crippen LogP contribution in [0.5, 0.6) is 0 Å². The van der Waals surface area contributed by atoms with E-state index < -0.39 is 11.7 Å². The molecule has 1 aromatic carbocycles. The Labute approximate surface area is 197 Å². The third kappa shape index (κ3) is 5.06. The predicted octanol–water partition coefficient (Wildman–Crippen LogP) is 3.29. The minimum atomic E-state index is -4.45. The molecule has 0 saturated carbocycles. The summed E-state index contributed by atoms with van der Waals surface area (Å²) in [5.74, 6) is 0.927. The number of carbonyl (C=O) groups excluding carboxylic acids is 1. The van der Waals surface area contributed by atoms with Crippen molar-refractivity contribution < 1.29 is 22.5 Å². The van der Waals surface area contributed by atoms with E-state index >= 15 is 0 Å². The van der Waals surface area contributed by atoms with Crippen LogP contribution < -0.4 is 0 Å². The van der Waals surface area contributed by atoms with E-state index in [1.807, 2.05) is 4.90 Å². The van der Waals surface area contributed by atoms with E-state index in [-0.39, 0.29) is 17.3 Å². The molecule has 4 heterocycles. The number of amides is 1. The number of nitrogens with zero attached hydrogens (tertiary/aromatic N) is 7. The summed E-state index contributed by atoms with van der Waals surface area (Å²) in [7, 11) is 0. The Morgan fingerprint density at radius 1 is 1.06 bits per heavy atom. The molecule has 4 aromatic rings. The van der Waals surface area contributed by atoms with Gasteiger partial charge in [-0.2, -0.15) is 23.3 Å². The molecule has 5 rings (SSSR count). The van der Waals surface area contributed by atoms with Gasteiger partial charge in [-0.25, -0.2) is 9.67 Å². The molecular weight excluding hydrogens is 463 g/mol. The third-order valence-electron chi connectivity index (χ3n) is 5.67. The maximum atomic E-state index is 13.0. The van der Waals surface area contributed by atoms with Crippen molar-refractivity contribution in [1.29, 1.82) is 0 Å². The van der Waals surface area contributed by atoms with Crippen molar-refractivity contribution in [3.05, 3.63) is 78.1 Å². The summed E-state index contributed by atoms with van der Waals surface area (Å²) < 4.78 is 45.8. The fourth-order valence-electron chi connectivity index (χ4n) is 3.81. The van der Waals surface area contributed by atoms with Crippen molar-refractivity contribution >= 4 is 5.91 Å². The highest BCUT2D eigenvalue weighted by Crippen LogP contribution is 2.31. The molecule has 0 radical (unpaired) electrons. The minimum Gasteiger partial charge on any atom is -0.338 e. The van der Waals surface area contributed by atoms with Crippen molar-refractivity contribution in [3.63, 3.8) is 0 Å². The maximum absolute atomic E-state index is 13.0. The fourth-order valence-corrected chi connectivity index (χ4v) is 3.81. The van der Waals surface area contributed by atoms with Crippen LogP contribution in [0.3, 0.4) is 0 Å². The standard InChI is InChI=1S/C23H20F3N7O2/c24-23(25,26)18-4-1-3-16(13-18)21-29-20(35-30-21)15-31-9-11-32(12-10-31)22(34)17-5-6-19(27-14-17)33-8-2-7-28-33/h1-8,13-14H,9-12,15H2. The quantitative estimate of drug-likeness (QED) is 0.430. The Morgan fingerprint density at radius 3 is 2.57 bits per heavy atom.